The second-order valence-electron chi connectivity index (χ2n) is 6.66. The third kappa shape index (κ3) is 4.90. The van der Waals surface area contributed by atoms with Gasteiger partial charge in [-0.05, 0) is 47.0 Å². The summed E-state index contributed by atoms with van der Waals surface area (Å²) in [7, 11) is 0. The third-order valence-corrected chi connectivity index (χ3v) is 3.65. The fourth-order valence-corrected chi connectivity index (χ4v) is 2.67. The highest BCUT2D eigenvalue weighted by molar-refractivity contribution is 5.79. The van der Waals surface area contributed by atoms with Gasteiger partial charge < -0.3 is 14.4 Å². The third-order valence-electron chi connectivity index (χ3n) is 3.65. The SMILES string of the molecule is CCOC(=O)C1(CCC#N)CCCN(C(=O)OC(C)(C)C)C1. The van der Waals surface area contributed by atoms with E-state index in [9.17, 15) is 9.59 Å². The maximum atomic E-state index is 12.4. The Bertz CT molecular complexity index is 450. The Hall–Kier alpha value is -1.77. The van der Waals surface area contributed by atoms with Gasteiger partial charge in [-0.3, -0.25) is 4.79 Å². The predicted octanol–water partition coefficient (Wildman–Crippen LogP) is 2.87. The number of carbonyl (C=O) groups excluding carboxylic acids is 2. The molecule has 124 valence electrons. The van der Waals surface area contributed by atoms with Crippen LogP contribution in [-0.4, -0.2) is 42.3 Å². The lowest BCUT2D eigenvalue weighted by atomic mass is 9.76. The zero-order valence-electron chi connectivity index (χ0n) is 14.0. The first-order valence-electron chi connectivity index (χ1n) is 7.76. The molecule has 6 heteroatoms. The van der Waals surface area contributed by atoms with E-state index in [2.05, 4.69) is 6.07 Å². The van der Waals surface area contributed by atoms with E-state index in [-0.39, 0.29) is 18.9 Å². The van der Waals surface area contributed by atoms with Gasteiger partial charge >= 0.3 is 12.1 Å². The Morgan fingerprint density at radius 3 is 2.59 bits per heavy atom. The topological polar surface area (TPSA) is 79.6 Å². The van der Waals surface area contributed by atoms with Gasteiger partial charge in [-0.15, -0.1) is 0 Å². The minimum atomic E-state index is -0.791. The molecule has 0 saturated carbocycles. The van der Waals surface area contributed by atoms with Crippen LogP contribution in [0.3, 0.4) is 0 Å². The molecule has 1 fully saturated rings. The van der Waals surface area contributed by atoms with Gasteiger partial charge in [0.05, 0.1) is 18.1 Å². The number of rotatable bonds is 4. The zero-order chi connectivity index (χ0) is 16.8. The Balaban J connectivity index is 2.87. The number of nitrogens with zero attached hydrogens (tertiary/aromatic N) is 2. The molecule has 1 heterocycles. The number of hydrogen-bond acceptors (Lipinski definition) is 5. The summed E-state index contributed by atoms with van der Waals surface area (Å²) < 4.78 is 10.6. The summed E-state index contributed by atoms with van der Waals surface area (Å²) in [4.78, 5) is 26.2. The maximum Gasteiger partial charge on any atom is 0.410 e. The smallest absolute Gasteiger partial charge is 0.410 e. The quantitative estimate of drug-likeness (QED) is 0.746. The number of esters is 1. The molecule has 1 unspecified atom stereocenters. The highest BCUT2D eigenvalue weighted by Gasteiger charge is 2.45. The summed E-state index contributed by atoms with van der Waals surface area (Å²) in [5, 5.41) is 8.84. The van der Waals surface area contributed by atoms with Gasteiger partial charge in [0, 0.05) is 19.5 Å². The molecule has 1 amide bonds. The fourth-order valence-electron chi connectivity index (χ4n) is 2.67. The fraction of sp³-hybridized carbons (Fsp3) is 0.812. The average molecular weight is 310 g/mol. The average Bonchev–Trinajstić information content (AvgIpc) is 2.44. The van der Waals surface area contributed by atoms with Gasteiger partial charge in [-0.25, -0.2) is 4.79 Å². The number of hydrogen-bond donors (Lipinski definition) is 0. The van der Waals surface area contributed by atoms with Crippen molar-refractivity contribution in [1.29, 1.82) is 5.26 Å². The van der Waals surface area contributed by atoms with Crippen molar-refractivity contribution in [2.24, 2.45) is 5.41 Å². The molecule has 22 heavy (non-hydrogen) atoms. The highest BCUT2D eigenvalue weighted by atomic mass is 16.6. The summed E-state index contributed by atoms with van der Waals surface area (Å²) in [6.07, 6.45) is 1.58. The molecule has 0 spiro atoms. The lowest BCUT2D eigenvalue weighted by Gasteiger charge is -2.40. The second kappa shape index (κ2) is 7.48. The molecule has 6 nitrogen and oxygen atoms in total. The van der Waals surface area contributed by atoms with E-state index in [1.165, 1.54) is 0 Å². The van der Waals surface area contributed by atoms with Crippen LogP contribution < -0.4 is 0 Å². The van der Waals surface area contributed by atoms with Gasteiger partial charge in [-0.1, -0.05) is 0 Å². The van der Waals surface area contributed by atoms with Crippen LogP contribution in [0.15, 0.2) is 0 Å². The van der Waals surface area contributed by atoms with Crippen molar-refractivity contribution in [3.8, 4) is 6.07 Å². The summed E-state index contributed by atoms with van der Waals surface area (Å²) in [6, 6.07) is 2.08. The summed E-state index contributed by atoms with van der Waals surface area (Å²) in [6.45, 7) is 8.28. The normalized spacial score (nSPS) is 21.9. The summed E-state index contributed by atoms with van der Waals surface area (Å²) >= 11 is 0. The largest absolute Gasteiger partial charge is 0.466 e. The van der Waals surface area contributed by atoms with E-state index in [1.807, 2.05) is 20.8 Å². The molecule has 0 radical (unpaired) electrons. The Kier molecular flexibility index (Phi) is 6.21. The van der Waals surface area contributed by atoms with Crippen molar-refractivity contribution >= 4 is 12.1 Å². The van der Waals surface area contributed by atoms with E-state index in [0.29, 0.717) is 32.4 Å². The maximum absolute atomic E-state index is 12.4. The van der Waals surface area contributed by atoms with Gasteiger partial charge in [0.15, 0.2) is 0 Å². The Morgan fingerprint density at radius 1 is 1.36 bits per heavy atom. The number of piperidine rings is 1. The van der Waals surface area contributed by atoms with E-state index in [1.54, 1.807) is 11.8 Å². The minimum Gasteiger partial charge on any atom is -0.466 e. The van der Waals surface area contributed by atoms with Crippen molar-refractivity contribution in [2.75, 3.05) is 19.7 Å². The summed E-state index contributed by atoms with van der Waals surface area (Å²) in [5.41, 5.74) is -1.37. The molecule has 0 bridgehead atoms. The van der Waals surface area contributed by atoms with Gasteiger partial charge in [-0.2, -0.15) is 5.26 Å². The van der Waals surface area contributed by atoms with Crippen LogP contribution in [0.2, 0.25) is 0 Å². The molecule has 0 aromatic heterocycles. The molecule has 0 N–H and O–H groups in total. The highest BCUT2D eigenvalue weighted by Crippen LogP contribution is 2.36. The van der Waals surface area contributed by atoms with E-state index >= 15 is 0 Å². The van der Waals surface area contributed by atoms with Crippen molar-refractivity contribution in [3.05, 3.63) is 0 Å². The molecule has 0 aromatic rings. The number of ether oxygens (including phenoxy) is 2. The summed E-state index contributed by atoms with van der Waals surface area (Å²) in [5.74, 6) is -0.321. The van der Waals surface area contributed by atoms with Crippen LogP contribution in [0.1, 0.15) is 53.4 Å². The van der Waals surface area contributed by atoms with E-state index in [0.717, 1.165) is 0 Å². The van der Waals surface area contributed by atoms with Crippen LogP contribution in [0.4, 0.5) is 4.79 Å². The number of carbonyl (C=O) groups is 2. The lowest BCUT2D eigenvalue weighted by Crippen LogP contribution is -2.51. The first-order chi connectivity index (χ1) is 10.2. The zero-order valence-corrected chi connectivity index (χ0v) is 14.0. The van der Waals surface area contributed by atoms with Crippen molar-refractivity contribution in [2.45, 2.75) is 59.0 Å². The Morgan fingerprint density at radius 2 is 2.05 bits per heavy atom. The van der Waals surface area contributed by atoms with Crippen LogP contribution in [0.25, 0.3) is 0 Å². The minimum absolute atomic E-state index is 0.252. The number of amides is 1. The molecule has 0 aliphatic carbocycles. The van der Waals surface area contributed by atoms with Crippen molar-refractivity contribution in [1.82, 2.24) is 4.90 Å². The molecular weight excluding hydrogens is 284 g/mol. The van der Waals surface area contributed by atoms with E-state index < -0.39 is 17.1 Å². The molecule has 1 atom stereocenters. The van der Waals surface area contributed by atoms with Gasteiger partial charge in [0.25, 0.3) is 0 Å². The lowest BCUT2D eigenvalue weighted by molar-refractivity contribution is -0.159. The second-order valence-corrected chi connectivity index (χ2v) is 6.66. The van der Waals surface area contributed by atoms with Crippen LogP contribution in [0, 0.1) is 16.7 Å². The van der Waals surface area contributed by atoms with Crippen LogP contribution in [-0.2, 0) is 14.3 Å². The standard InChI is InChI=1S/C16H26N2O4/c1-5-21-13(19)16(8-6-10-17)9-7-11-18(12-16)14(20)22-15(2,3)4/h5-9,11-12H2,1-4H3. The van der Waals surface area contributed by atoms with Gasteiger partial charge in [0.2, 0.25) is 0 Å². The molecule has 1 rings (SSSR count). The molecule has 1 saturated heterocycles. The Labute approximate surface area is 132 Å². The van der Waals surface area contributed by atoms with Gasteiger partial charge in [0.1, 0.15) is 5.60 Å². The number of likely N-dealkylation sites (tertiary alicyclic amines) is 1. The molecular formula is C16H26N2O4. The molecule has 1 aliphatic heterocycles. The van der Waals surface area contributed by atoms with Crippen molar-refractivity contribution < 1.29 is 19.1 Å². The van der Waals surface area contributed by atoms with Crippen molar-refractivity contribution in [3.63, 3.8) is 0 Å². The first kappa shape index (κ1) is 18.3. The monoisotopic (exact) mass is 310 g/mol. The predicted molar refractivity (Wildman–Crippen MR) is 81.0 cm³/mol. The number of nitriles is 1. The van der Waals surface area contributed by atoms with Crippen LogP contribution in [0.5, 0.6) is 0 Å². The molecule has 1 aliphatic rings. The van der Waals surface area contributed by atoms with Crippen LogP contribution >= 0.6 is 0 Å². The molecule has 0 aromatic carbocycles. The van der Waals surface area contributed by atoms with E-state index in [4.69, 9.17) is 14.7 Å². The first-order valence-corrected chi connectivity index (χ1v) is 7.76.